The topological polar surface area (TPSA) is 64.5 Å². The number of nitrogens with zero attached hydrogens (tertiary/aromatic N) is 3. The number of methoxy groups -OCH3 is 1. The van der Waals surface area contributed by atoms with E-state index in [0.29, 0.717) is 22.7 Å². The van der Waals surface area contributed by atoms with Gasteiger partial charge in [-0.1, -0.05) is 0 Å². The first-order valence-corrected chi connectivity index (χ1v) is 7.73. The summed E-state index contributed by atoms with van der Waals surface area (Å²) in [5.41, 5.74) is 0.544. The molecule has 0 aliphatic carbocycles. The number of halogens is 1. The quantitative estimate of drug-likeness (QED) is 0.782. The third-order valence-corrected chi connectivity index (χ3v) is 3.57. The molecule has 1 aromatic carbocycles. The summed E-state index contributed by atoms with van der Waals surface area (Å²) in [5, 5.41) is 0. The second-order valence-electron chi connectivity index (χ2n) is 6.04. The average Bonchev–Trinajstić information content (AvgIpc) is 2.51. The van der Waals surface area contributed by atoms with Crippen molar-refractivity contribution in [2.75, 3.05) is 19.1 Å². The standard InChI is InChI=1S/C17H22FN3O3/c1-9(2)21(5)15-16(24-10(3)4)20-14-8-12(18)11(17(22)23-6)7-13(14)19-15/h7-10H,1-6H3. The van der Waals surface area contributed by atoms with Crippen LogP contribution >= 0.6 is 0 Å². The monoisotopic (exact) mass is 335 g/mol. The molecule has 0 amide bonds. The fraction of sp³-hybridized carbons (Fsp3) is 0.471. The molecule has 0 aliphatic rings. The summed E-state index contributed by atoms with van der Waals surface area (Å²) < 4.78 is 24.4. The molecule has 0 N–H and O–H groups in total. The van der Waals surface area contributed by atoms with Crippen LogP contribution in [0.15, 0.2) is 12.1 Å². The molecule has 2 aromatic rings. The Labute approximate surface area is 140 Å². The number of esters is 1. The zero-order chi connectivity index (χ0) is 18.0. The number of hydrogen-bond acceptors (Lipinski definition) is 6. The van der Waals surface area contributed by atoms with Crippen LogP contribution in [0.25, 0.3) is 11.0 Å². The van der Waals surface area contributed by atoms with Gasteiger partial charge in [0.1, 0.15) is 5.82 Å². The summed E-state index contributed by atoms with van der Waals surface area (Å²) in [6.07, 6.45) is -0.102. The zero-order valence-corrected chi connectivity index (χ0v) is 14.8. The van der Waals surface area contributed by atoms with Crippen LogP contribution in [0.3, 0.4) is 0 Å². The van der Waals surface area contributed by atoms with Crippen LogP contribution in [-0.2, 0) is 4.74 Å². The van der Waals surface area contributed by atoms with Crippen LogP contribution in [0, 0.1) is 5.82 Å². The molecule has 0 radical (unpaired) electrons. The zero-order valence-electron chi connectivity index (χ0n) is 14.8. The van der Waals surface area contributed by atoms with Gasteiger partial charge in [0.2, 0.25) is 0 Å². The highest BCUT2D eigenvalue weighted by Crippen LogP contribution is 2.29. The van der Waals surface area contributed by atoms with E-state index < -0.39 is 11.8 Å². The third-order valence-electron chi connectivity index (χ3n) is 3.57. The van der Waals surface area contributed by atoms with E-state index in [1.54, 1.807) is 0 Å². The van der Waals surface area contributed by atoms with Crippen molar-refractivity contribution in [3.8, 4) is 5.88 Å². The average molecular weight is 335 g/mol. The summed E-state index contributed by atoms with van der Waals surface area (Å²) in [6.45, 7) is 7.78. The molecule has 0 unspecified atom stereocenters. The van der Waals surface area contributed by atoms with E-state index in [2.05, 4.69) is 14.7 Å². The molecule has 0 atom stereocenters. The van der Waals surface area contributed by atoms with E-state index in [4.69, 9.17) is 4.74 Å². The van der Waals surface area contributed by atoms with Gasteiger partial charge in [-0.25, -0.2) is 19.2 Å². The summed E-state index contributed by atoms with van der Waals surface area (Å²) in [7, 11) is 3.08. The Balaban J connectivity index is 2.68. The maximum atomic E-state index is 14.1. The van der Waals surface area contributed by atoms with E-state index in [0.717, 1.165) is 0 Å². The van der Waals surface area contributed by atoms with Gasteiger partial charge in [0.05, 0.1) is 29.8 Å². The lowest BCUT2D eigenvalue weighted by Gasteiger charge is -2.25. The van der Waals surface area contributed by atoms with Gasteiger partial charge in [0.25, 0.3) is 5.88 Å². The Bertz CT molecular complexity index is 762. The Morgan fingerprint density at radius 1 is 1.17 bits per heavy atom. The molecule has 7 heteroatoms. The maximum Gasteiger partial charge on any atom is 0.340 e. The Morgan fingerprint density at radius 2 is 1.79 bits per heavy atom. The summed E-state index contributed by atoms with van der Waals surface area (Å²) in [4.78, 5) is 22.5. The van der Waals surface area contributed by atoms with Crippen molar-refractivity contribution < 1.29 is 18.7 Å². The van der Waals surface area contributed by atoms with Crippen molar-refractivity contribution in [2.45, 2.75) is 39.8 Å². The highest BCUT2D eigenvalue weighted by Gasteiger charge is 2.20. The fourth-order valence-electron chi connectivity index (χ4n) is 2.09. The van der Waals surface area contributed by atoms with E-state index in [1.165, 1.54) is 19.2 Å². The molecule has 130 valence electrons. The van der Waals surface area contributed by atoms with E-state index >= 15 is 0 Å². The van der Waals surface area contributed by atoms with Gasteiger partial charge in [-0.15, -0.1) is 0 Å². The number of benzene rings is 1. The minimum absolute atomic E-state index is 0.102. The molecule has 1 aromatic heterocycles. The Kier molecular flexibility index (Phi) is 5.21. The van der Waals surface area contributed by atoms with Gasteiger partial charge >= 0.3 is 5.97 Å². The van der Waals surface area contributed by atoms with Crippen molar-refractivity contribution in [1.82, 2.24) is 9.97 Å². The van der Waals surface area contributed by atoms with Crippen molar-refractivity contribution in [3.05, 3.63) is 23.5 Å². The number of hydrogen-bond donors (Lipinski definition) is 0. The SMILES string of the molecule is COC(=O)c1cc2nc(N(C)C(C)C)c(OC(C)C)nc2cc1F. The number of carbonyl (C=O) groups is 1. The lowest BCUT2D eigenvalue weighted by Crippen LogP contribution is -2.28. The summed E-state index contributed by atoms with van der Waals surface area (Å²) in [5.74, 6) is -0.589. The lowest BCUT2D eigenvalue weighted by molar-refractivity contribution is 0.0595. The maximum absolute atomic E-state index is 14.1. The molecule has 1 heterocycles. The predicted molar refractivity (Wildman–Crippen MR) is 90.1 cm³/mol. The molecule has 0 spiro atoms. The fourth-order valence-corrected chi connectivity index (χ4v) is 2.09. The van der Waals surface area contributed by atoms with E-state index in [1.807, 2.05) is 39.6 Å². The first-order chi connectivity index (χ1) is 11.2. The van der Waals surface area contributed by atoms with Gasteiger partial charge in [-0.2, -0.15) is 0 Å². The number of fused-ring (bicyclic) bond motifs is 1. The van der Waals surface area contributed by atoms with Crippen LogP contribution in [0.5, 0.6) is 5.88 Å². The Hall–Kier alpha value is -2.44. The van der Waals surface area contributed by atoms with E-state index in [-0.39, 0.29) is 17.7 Å². The highest BCUT2D eigenvalue weighted by atomic mass is 19.1. The number of aromatic nitrogens is 2. The van der Waals surface area contributed by atoms with Gasteiger partial charge < -0.3 is 14.4 Å². The molecule has 0 bridgehead atoms. The molecule has 24 heavy (non-hydrogen) atoms. The Morgan fingerprint density at radius 3 is 2.33 bits per heavy atom. The highest BCUT2D eigenvalue weighted by molar-refractivity contribution is 5.94. The van der Waals surface area contributed by atoms with Gasteiger partial charge in [-0.3, -0.25) is 0 Å². The van der Waals surface area contributed by atoms with Gasteiger partial charge in [0.15, 0.2) is 5.82 Å². The summed E-state index contributed by atoms with van der Waals surface area (Å²) >= 11 is 0. The first kappa shape index (κ1) is 17.9. The van der Waals surface area contributed by atoms with E-state index in [9.17, 15) is 9.18 Å². The third kappa shape index (κ3) is 3.55. The normalized spacial score (nSPS) is 11.2. The number of rotatable bonds is 5. The molecular formula is C17H22FN3O3. The molecule has 6 nitrogen and oxygen atoms in total. The smallest absolute Gasteiger partial charge is 0.340 e. The second kappa shape index (κ2) is 6.98. The number of ether oxygens (including phenoxy) is 2. The number of anilines is 1. The van der Waals surface area contributed by atoms with Crippen molar-refractivity contribution >= 4 is 22.8 Å². The molecule has 2 rings (SSSR count). The molecular weight excluding hydrogens is 313 g/mol. The minimum atomic E-state index is -0.752. The van der Waals surface area contributed by atoms with Crippen LogP contribution in [0.4, 0.5) is 10.2 Å². The molecule has 0 fully saturated rings. The van der Waals surface area contributed by atoms with Gasteiger partial charge in [-0.05, 0) is 33.8 Å². The molecule has 0 saturated carbocycles. The van der Waals surface area contributed by atoms with Crippen LogP contribution in [-0.4, -0.2) is 42.2 Å². The van der Waals surface area contributed by atoms with Crippen LogP contribution in [0.1, 0.15) is 38.1 Å². The molecule has 0 aliphatic heterocycles. The van der Waals surface area contributed by atoms with Crippen molar-refractivity contribution in [3.63, 3.8) is 0 Å². The van der Waals surface area contributed by atoms with Crippen molar-refractivity contribution in [1.29, 1.82) is 0 Å². The number of carbonyl (C=O) groups excluding carboxylic acids is 1. The minimum Gasteiger partial charge on any atom is -0.472 e. The lowest BCUT2D eigenvalue weighted by atomic mass is 10.2. The first-order valence-electron chi connectivity index (χ1n) is 7.73. The van der Waals surface area contributed by atoms with Gasteiger partial charge in [0, 0.05) is 19.2 Å². The predicted octanol–water partition coefficient (Wildman–Crippen LogP) is 3.19. The second-order valence-corrected chi connectivity index (χ2v) is 6.04. The summed E-state index contributed by atoms with van der Waals surface area (Å²) in [6, 6.07) is 2.67. The van der Waals surface area contributed by atoms with Crippen LogP contribution < -0.4 is 9.64 Å². The van der Waals surface area contributed by atoms with Crippen molar-refractivity contribution in [2.24, 2.45) is 0 Å². The largest absolute Gasteiger partial charge is 0.472 e. The molecule has 0 saturated heterocycles. The van der Waals surface area contributed by atoms with Crippen LogP contribution in [0.2, 0.25) is 0 Å².